The Hall–Kier alpha value is -1.59. The van der Waals surface area contributed by atoms with Gasteiger partial charge >= 0.3 is 0 Å². The molecule has 0 saturated heterocycles. The second-order valence-electron chi connectivity index (χ2n) is 2.79. The third-order valence-electron chi connectivity index (χ3n) is 1.69. The zero-order valence-corrected chi connectivity index (χ0v) is 9.40. The Bertz CT molecular complexity index is 503. The Kier molecular flexibility index (Phi) is 3.07. The van der Waals surface area contributed by atoms with Crippen molar-refractivity contribution in [2.24, 2.45) is 0 Å². The Labute approximate surface area is 101 Å². The zero-order chi connectivity index (χ0) is 11.5. The average molecular weight is 257 g/mol. The maximum absolute atomic E-state index is 5.89. The SMILES string of the molecule is Nc1ncc(Oc2ccnc(Cl)c2Cl)cn1. The minimum atomic E-state index is 0.172. The van der Waals surface area contributed by atoms with Crippen molar-refractivity contribution in [2.45, 2.75) is 0 Å². The van der Waals surface area contributed by atoms with Crippen molar-refractivity contribution < 1.29 is 4.74 Å². The molecular formula is C9H6Cl2N4O. The average Bonchev–Trinajstić information content (AvgIpc) is 2.28. The molecule has 82 valence electrons. The first-order chi connectivity index (χ1) is 7.66. The van der Waals surface area contributed by atoms with Crippen LogP contribution in [-0.4, -0.2) is 15.0 Å². The molecule has 0 aliphatic heterocycles. The first-order valence-electron chi connectivity index (χ1n) is 4.22. The number of rotatable bonds is 2. The third-order valence-corrected chi connectivity index (χ3v) is 2.44. The van der Waals surface area contributed by atoms with Gasteiger partial charge in [0, 0.05) is 12.3 Å². The van der Waals surface area contributed by atoms with Crippen LogP contribution in [0.25, 0.3) is 0 Å². The summed E-state index contributed by atoms with van der Waals surface area (Å²) >= 11 is 11.6. The van der Waals surface area contributed by atoms with Crippen LogP contribution in [-0.2, 0) is 0 Å². The molecule has 2 aromatic rings. The van der Waals surface area contributed by atoms with Gasteiger partial charge in [-0.1, -0.05) is 23.2 Å². The second-order valence-corrected chi connectivity index (χ2v) is 3.53. The quantitative estimate of drug-likeness (QED) is 0.837. The second kappa shape index (κ2) is 4.51. The highest BCUT2D eigenvalue weighted by atomic mass is 35.5. The van der Waals surface area contributed by atoms with E-state index in [9.17, 15) is 0 Å². The number of anilines is 1. The molecule has 0 fully saturated rings. The number of aromatic nitrogens is 3. The van der Waals surface area contributed by atoms with Crippen LogP contribution in [0.2, 0.25) is 10.2 Å². The molecule has 0 aromatic carbocycles. The molecule has 2 N–H and O–H groups in total. The molecule has 7 heteroatoms. The number of hydrogen-bond acceptors (Lipinski definition) is 5. The number of halogens is 2. The fourth-order valence-electron chi connectivity index (χ4n) is 0.987. The summed E-state index contributed by atoms with van der Waals surface area (Å²) in [5, 5.41) is 0.413. The smallest absolute Gasteiger partial charge is 0.220 e. The maximum atomic E-state index is 5.89. The van der Waals surface area contributed by atoms with Gasteiger partial charge in [-0.3, -0.25) is 0 Å². The van der Waals surface area contributed by atoms with Gasteiger partial charge < -0.3 is 10.5 Å². The van der Waals surface area contributed by atoms with Crippen LogP contribution in [0.3, 0.4) is 0 Å². The van der Waals surface area contributed by atoms with Crippen molar-refractivity contribution in [3.05, 3.63) is 34.8 Å². The highest BCUT2D eigenvalue weighted by molar-refractivity contribution is 6.42. The predicted octanol–water partition coefficient (Wildman–Crippen LogP) is 2.55. The normalized spacial score (nSPS) is 10.1. The number of nitrogens with two attached hydrogens (primary N) is 1. The maximum Gasteiger partial charge on any atom is 0.220 e. The van der Waals surface area contributed by atoms with Crippen LogP contribution < -0.4 is 10.5 Å². The van der Waals surface area contributed by atoms with E-state index in [1.54, 1.807) is 6.07 Å². The van der Waals surface area contributed by atoms with Crippen molar-refractivity contribution in [3.8, 4) is 11.5 Å². The summed E-state index contributed by atoms with van der Waals surface area (Å²) in [6, 6.07) is 1.59. The number of hydrogen-bond donors (Lipinski definition) is 1. The Morgan fingerprint density at radius 1 is 1.12 bits per heavy atom. The Balaban J connectivity index is 2.27. The van der Waals surface area contributed by atoms with Crippen LogP contribution in [0.5, 0.6) is 11.5 Å². The molecule has 0 aliphatic rings. The lowest BCUT2D eigenvalue weighted by Crippen LogP contribution is -1.94. The van der Waals surface area contributed by atoms with E-state index in [0.717, 1.165) is 0 Å². The number of ether oxygens (including phenoxy) is 1. The molecule has 0 atom stereocenters. The Morgan fingerprint density at radius 3 is 2.50 bits per heavy atom. The summed E-state index contributed by atoms with van der Waals surface area (Å²) in [5.41, 5.74) is 5.34. The molecule has 0 spiro atoms. The van der Waals surface area contributed by atoms with E-state index in [-0.39, 0.29) is 16.1 Å². The van der Waals surface area contributed by atoms with Crippen LogP contribution in [0.4, 0.5) is 5.95 Å². The van der Waals surface area contributed by atoms with E-state index in [4.69, 9.17) is 33.7 Å². The van der Waals surface area contributed by atoms with Gasteiger partial charge in [0.05, 0.1) is 12.4 Å². The van der Waals surface area contributed by atoms with E-state index in [2.05, 4.69) is 15.0 Å². The molecular weight excluding hydrogens is 251 g/mol. The van der Waals surface area contributed by atoms with Gasteiger partial charge in [0.15, 0.2) is 16.7 Å². The first kappa shape index (κ1) is 10.9. The van der Waals surface area contributed by atoms with Gasteiger partial charge in [0.25, 0.3) is 0 Å². The summed E-state index contributed by atoms with van der Waals surface area (Å²) in [6.45, 7) is 0. The molecule has 16 heavy (non-hydrogen) atoms. The molecule has 0 unspecified atom stereocenters. The summed E-state index contributed by atoms with van der Waals surface area (Å²) < 4.78 is 5.41. The van der Waals surface area contributed by atoms with Gasteiger partial charge in [-0.25, -0.2) is 15.0 Å². The van der Waals surface area contributed by atoms with E-state index in [0.29, 0.717) is 11.5 Å². The van der Waals surface area contributed by atoms with E-state index in [1.165, 1.54) is 18.6 Å². The monoisotopic (exact) mass is 256 g/mol. The molecule has 0 saturated carbocycles. The lowest BCUT2D eigenvalue weighted by molar-refractivity contribution is 0.477. The third kappa shape index (κ3) is 2.32. The lowest BCUT2D eigenvalue weighted by Gasteiger charge is -2.06. The molecule has 2 heterocycles. The summed E-state index contributed by atoms with van der Waals surface area (Å²) in [4.78, 5) is 11.4. The first-order valence-corrected chi connectivity index (χ1v) is 4.98. The topological polar surface area (TPSA) is 73.9 Å². The fourth-order valence-corrected chi connectivity index (χ4v) is 1.29. The summed E-state index contributed by atoms with van der Waals surface area (Å²) in [6.07, 6.45) is 4.36. The van der Waals surface area contributed by atoms with E-state index >= 15 is 0 Å². The van der Waals surface area contributed by atoms with Gasteiger partial charge in [-0.05, 0) is 0 Å². The van der Waals surface area contributed by atoms with Crippen molar-refractivity contribution in [2.75, 3.05) is 5.73 Å². The van der Waals surface area contributed by atoms with E-state index in [1.807, 2.05) is 0 Å². The predicted molar refractivity (Wildman–Crippen MR) is 60.8 cm³/mol. The molecule has 0 radical (unpaired) electrons. The summed E-state index contributed by atoms with van der Waals surface area (Å²) in [7, 11) is 0. The minimum absolute atomic E-state index is 0.172. The fraction of sp³-hybridized carbons (Fsp3) is 0. The van der Waals surface area contributed by atoms with Gasteiger partial charge in [-0.15, -0.1) is 0 Å². The van der Waals surface area contributed by atoms with Crippen LogP contribution >= 0.6 is 23.2 Å². The van der Waals surface area contributed by atoms with Crippen LogP contribution in [0.1, 0.15) is 0 Å². The molecule has 2 rings (SSSR count). The van der Waals surface area contributed by atoms with E-state index < -0.39 is 0 Å². The highest BCUT2D eigenvalue weighted by Gasteiger charge is 2.07. The molecule has 0 bridgehead atoms. The molecule has 0 aliphatic carbocycles. The van der Waals surface area contributed by atoms with Gasteiger partial charge in [-0.2, -0.15) is 0 Å². The lowest BCUT2D eigenvalue weighted by atomic mass is 10.4. The molecule has 0 amide bonds. The van der Waals surface area contributed by atoms with Crippen LogP contribution in [0, 0.1) is 0 Å². The summed E-state index contributed by atoms with van der Waals surface area (Å²) in [5.74, 6) is 0.972. The van der Waals surface area contributed by atoms with Crippen molar-refractivity contribution in [1.29, 1.82) is 0 Å². The highest BCUT2D eigenvalue weighted by Crippen LogP contribution is 2.32. The minimum Gasteiger partial charge on any atom is -0.452 e. The van der Waals surface area contributed by atoms with Crippen molar-refractivity contribution >= 4 is 29.2 Å². The standard InChI is InChI=1S/C9H6Cl2N4O/c10-7-6(1-2-13-8(7)11)16-5-3-14-9(12)15-4-5/h1-4H,(H2,12,14,15). The van der Waals surface area contributed by atoms with Crippen molar-refractivity contribution in [3.63, 3.8) is 0 Å². The number of pyridine rings is 1. The Morgan fingerprint density at radius 2 is 1.81 bits per heavy atom. The molecule has 5 nitrogen and oxygen atoms in total. The van der Waals surface area contributed by atoms with Crippen molar-refractivity contribution in [1.82, 2.24) is 15.0 Å². The zero-order valence-electron chi connectivity index (χ0n) is 7.89. The largest absolute Gasteiger partial charge is 0.452 e. The number of nitrogen functional groups attached to an aromatic ring is 1. The van der Waals surface area contributed by atoms with Crippen LogP contribution in [0.15, 0.2) is 24.7 Å². The van der Waals surface area contributed by atoms with Gasteiger partial charge in [0.2, 0.25) is 5.95 Å². The molecule has 2 aromatic heterocycles. The van der Waals surface area contributed by atoms with Gasteiger partial charge in [0.1, 0.15) is 5.02 Å². The number of nitrogens with zero attached hydrogens (tertiary/aromatic N) is 3.